The molecule has 0 aromatic rings. The average Bonchev–Trinajstić information content (AvgIpc) is 2.76. The smallest absolute Gasteiger partial charge is 0.241 e. The van der Waals surface area contributed by atoms with Crippen LogP contribution in [0.4, 0.5) is 0 Å². The summed E-state index contributed by atoms with van der Waals surface area (Å²) in [5, 5.41) is 3.50. The maximum Gasteiger partial charge on any atom is 0.241 e. The van der Waals surface area contributed by atoms with Crippen molar-refractivity contribution in [2.75, 3.05) is 11.5 Å². The van der Waals surface area contributed by atoms with Gasteiger partial charge in [0.2, 0.25) is 5.91 Å². The summed E-state index contributed by atoms with van der Waals surface area (Å²) in [4.78, 5) is 14.7. The number of carbonyl (C=O) groups is 1. The Labute approximate surface area is 118 Å². The first-order valence-corrected chi connectivity index (χ1v) is 9.00. The van der Waals surface area contributed by atoms with Gasteiger partial charge >= 0.3 is 0 Å². The van der Waals surface area contributed by atoms with Crippen LogP contribution < -0.4 is 5.32 Å². The molecule has 0 aromatic carbocycles. The highest BCUT2D eigenvalue weighted by Gasteiger charge is 2.43. The van der Waals surface area contributed by atoms with Crippen LogP contribution in [0.1, 0.15) is 46.5 Å². The lowest BCUT2D eigenvalue weighted by molar-refractivity contribution is -0.133. The Hall–Kier alpha value is -0.420. The third-order valence-electron chi connectivity index (χ3n) is 4.58. The molecule has 0 bridgehead atoms. The molecule has 1 amide bonds. The Kier molecular flexibility index (Phi) is 5.01. The van der Waals surface area contributed by atoms with Crippen molar-refractivity contribution in [3.8, 4) is 0 Å². The molecule has 0 saturated carbocycles. The van der Waals surface area contributed by atoms with Crippen LogP contribution in [0.25, 0.3) is 0 Å². The topological polar surface area (TPSA) is 49.4 Å². The predicted octanol–water partition coefficient (Wildman–Crippen LogP) is 1.48. The molecule has 2 rings (SSSR count). The van der Waals surface area contributed by atoms with Crippen LogP contribution in [0.2, 0.25) is 0 Å². The summed E-state index contributed by atoms with van der Waals surface area (Å²) in [5.41, 5.74) is 0. The Balaban J connectivity index is 2.09. The van der Waals surface area contributed by atoms with Crippen LogP contribution >= 0.6 is 0 Å². The average molecular weight is 286 g/mol. The van der Waals surface area contributed by atoms with Gasteiger partial charge in [0.25, 0.3) is 0 Å². The predicted molar refractivity (Wildman–Crippen MR) is 78.2 cm³/mol. The molecular weight excluding hydrogens is 260 g/mol. The molecule has 2 saturated heterocycles. The summed E-state index contributed by atoms with van der Waals surface area (Å²) < 4.78 is 11.5. The number of nitrogens with zero attached hydrogens (tertiary/aromatic N) is 1. The molecule has 1 N–H and O–H groups in total. The van der Waals surface area contributed by atoms with Crippen molar-refractivity contribution in [3.63, 3.8) is 0 Å². The summed E-state index contributed by atoms with van der Waals surface area (Å²) in [7, 11) is -0.663. The van der Waals surface area contributed by atoms with Crippen LogP contribution in [0.3, 0.4) is 0 Å². The van der Waals surface area contributed by atoms with Crippen LogP contribution in [0.5, 0.6) is 0 Å². The fraction of sp³-hybridized carbons (Fsp3) is 0.929. The lowest BCUT2D eigenvalue weighted by atomic mass is 9.99. The van der Waals surface area contributed by atoms with E-state index >= 15 is 0 Å². The van der Waals surface area contributed by atoms with E-state index in [0.717, 1.165) is 37.2 Å². The van der Waals surface area contributed by atoms with Crippen LogP contribution in [-0.4, -0.2) is 44.8 Å². The largest absolute Gasteiger partial charge is 0.323 e. The minimum Gasteiger partial charge on any atom is -0.323 e. The number of hydrogen-bond acceptors (Lipinski definition) is 3. The van der Waals surface area contributed by atoms with Crippen molar-refractivity contribution in [3.05, 3.63) is 0 Å². The van der Waals surface area contributed by atoms with E-state index in [4.69, 9.17) is 0 Å². The van der Waals surface area contributed by atoms with Gasteiger partial charge in [-0.25, -0.2) is 0 Å². The number of carbonyl (C=O) groups excluding carboxylic acids is 1. The summed E-state index contributed by atoms with van der Waals surface area (Å²) in [5.74, 6) is 2.14. The molecule has 3 atom stereocenters. The molecule has 0 radical (unpaired) electrons. The molecule has 19 heavy (non-hydrogen) atoms. The first-order chi connectivity index (χ1) is 9.08. The van der Waals surface area contributed by atoms with Gasteiger partial charge in [0.1, 0.15) is 0 Å². The van der Waals surface area contributed by atoms with Crippen molar-refractivity contribution in [1.29, 1.82) is 0 Å². The van der Waals surface area contributed by atoms with Gasteiger partial charge in [0.15, 0.2) is 0 Å². The van der Waals surface area contributed by atoms with Gasteiger partial charge in [-0.1, -0.05) is 27.2 Å². The quantitative estimate of drug-likeness (QED) is 0.851. The molecule has 110 valence electrons. The molecular formula is C14H26N2O2S. The van der Waals surface area contributed by atoms with E-state index in [1.54, 1.807) is 0 Å². The van der Waals surface area contributed by atoms with Crippen molar-refractivity contribution < 1.29 is 9.00 Å². The number of rotatable bonds is 4. The molecule has 2 heterocycles. The van der Waals surface area contributed by atoms with Crippen molar-refractivity contribution in [2.45, 2.75) is 64.7 Å². The van der Waals surface area contributed by atoms with Crippen molar-refractivity contribution >= 4 is 16.7 Å². The summed E-state index contributed by atoms with van der Waals surface area (Å²) in [6.45, 7) is 6.40. The number of nitrogens with one attached hydrogen (secondary N) is 1. The maximum absolute atomic E-state index is 12.6. The second-order valence-corrected chi connectivity index (χ2v) is 7.47. The fourth-order valence-corrected chi connectivity index (χ4v) is 4.40. The molecule has 0 spiro atoms. The van der Waals surface area contributed by atoms with Gasteiger partial charge in [-0.05, 0) is 25.2 Å². The van der Waals surface area contributed by atoms with Gasteiger partial charge in [0.05, 0.1) is 12.2 Å². The second-order valence-electron chi connectivity index (χ2n) is 5.78. The molecule has 2 aliphatic rings. The third kappa shape index (κ3) is 3.02. The van der Waals surface area contributed by atoms with Crippen LogP contribution in [0, 0.1) is 5.92 Å². The zero-order valence-corrected chi connectivity index (χ0v) is 13.0. The Bertz CT molecular complexity index is 351. The van der Waals surface area contributed by atoms with Gasteiger partial charge < -0.3 is 4.90 Å². The first-order valence-electron chi connectivity index (χ1n) is 7.51. The summed E-state index contributed by atoms with van der Waals surface area (Å²) in [6, 6.07) is 0.263. The van der Waals surface area contributed by atoms with Gasteiger partial charge in [0, 0.05) is 28.3 Å². The minimum atomic E-state index is -0.663. The molecule has 3 unspecified atom stereocenters. The molecule has 0 aliphatic carbocycles. The monoisotopic (exact) mass is 286 g/mol. The second kappa shape index (κ2) is 6.35. The summed E-state index contributed by atoms with van der Waals surface area (Å²) >= 11 is 0. The zero-order valence-electron chi connectivity index (χ0n) is 12.2. The standard InChI is InChI=1S/C14H26N2O2S/c1-4-10(3)13-14(17)16(12(5-2)15-13)11-6-8-19(18)9-7-11/h10-13,15H,4-9H2,1-3H3. The third-order valence-corrected chi connectivity index (χ3v) is 5.96. The van der Waals surface area contributed by atoms with E-state index in [9.17, 15) is 9.00 Å². The SMILES string of the molecule is CCC(C)C1NC(CC)N(C2CCS(=O)CC2)C1=O. The number of hydrogen-bond donors (Lipinski definition) is 1. The van der Waals surface area contributed by atoms with E-state index in [0.29, 0.717) is 5.92 Å². The molecule has 2 fully saturated rings. The maximum atomic E-state index is 12.6. The molecule has 5 heteroatoms. The Morgan fingerprint density at radius 1 is 1.37 bits per heavy atom. The highest BCUT2D eigenvalue weighted by Crippen LogP contribution is 2.27. The van der Waals surface area contributed by atoms with Crippen LogP contribution in [0.15, 0.2) is 0 Å². The Morgan fingerprint density at radius 3 is 2.53 bits per heavy atom. The number of amides is 1. The molecule has 0 aromatic heterocycles. The zero-order chi connectivity index (χ0) is 14.0. The molecule has 2 aliphatic heterocycles. The van der Waals surface area contributed by atoms with Gasteiger partial charge in [-0.2, -0.15) is 0 Å². The van der Waals surface area contributed by atoms with E-state index in [-0.39, 0.29) is 24.2 Å². The fourth-order valence-electron chi connectivity index (χ4n) is 3.12. The van der Waals surface area contributed by atoms with E-state index < -0.39 is 10.8 Å². The lowest BCUT2D eigenvalue weighted by Gasteiger charge is -2.34. The van der Waals surface area contributed by atoms with Crippen molar-refractivity contribution in [2.24, 2.45) is 5.92 Å². The molecule has 4 nitrogen and oxygen atoms in total. The van der Waals surface area contributed by atoms with E-state index in [1.165, 1.54) is 0 Å². The first kappa shape index (κ1) is 15.0. The van der Waals surface area contributed by atoms with Gasteiger partial charge in [-0.15, -0.1) is 0 Å². The van der Waals surface area contributed by atoms with Gasteiger partial charge in [-0.3, -0.25) is 14.3 Å². The minimum absolute atomic E-state index is 0.0256. The van der Waals surface area contributed by atoms with E-state index in [1.807, 2.05) is 0 Å². The lowest BCUT2D eigenvalue weighted by Crippen LogP contribution is -2.47. The van der Waals surface area contributed by atoms with Crippen LogP contribution in [-0.2, 0) is 15.6 Å². The Morgan fingerprint density at radius 2 is 2.00 bits per heavy atom. The van der Waals surface area contributed by atoms with E-state index in [2.05, 4.69) is 31.0 Å². The summed E-state index contributed by atoms with van der Waals surface area (Å²) in [6.07, 6.45) is 3.91. The highest BCUT2D eigenvalue weighted by molar-refractivity contribution is 7.85. The van der Waals surface area contributed by atoms with Crippen molar-refractivity contribution in [1.82, 2.24) is 10.2 Å². The normalized spacial score (nSPS) is 37.6. The highest BCUT2D eigenvalue weighted by atomic mass is 32.2.